The molecule has 1 aromatic rings. The van der Waals surface area contributed by atoms with Crippen molar-refractivity contribution in [1.82, 2.24) is 0 Å². The van der Waals surface area contributed by atoms with Crippen LogP contribution in [0.15, 0.2) is 18.2 Å². The summed E-state index contributed by atoms with van der Waals surface area (Å²) in [5.74, 6) is 0.970. The molecule has 3 atom stereocenters. The number of aryl methyl sites for hydroxylation is 1. The van der Waals surface area contributed by atoms with Gasteiger partial charge in [-0.05, 0) is 36.0 Å². The molecule has 0 amide bonds. The van der Waals surface area contributed by atoms with Crippen molar-refractivity contribution in [3.05, 3.63) is 29.3 Å². The molecule has 3 unspecified atom stereocenters. The van der Waals surface area contributed by atoms with Crippen LogP contribution in [-0.4, -0.2) is 24.2 Å². The van der Waals surface area contributed by atoms with Gasteiger partial charge in [0.05, 0.1) is 5.38 Å². The zero-order valence-corrected chi connectivity index (χ0v) is 14.5. The minimum Gasteiger partial charge on any atom is -0.487 e. The van der Waals surface area contributed by atoms with Gasteiger partial charge in [0.25, 0.3) is 0 Å². The third-order valence-electron chi connectivity index (χ3n) is 4.08. The maximum Gasteiger partial charge on any atom is 0.128 e. The summed E-state index contributed by atoms with van der Waals surface area (Å²) in [4.78, 5) is 0. The van der Waals surface area contributed by atoms with E-state index in [0.29, 0.717) is 6.61 Å². The monoisotopic (exact) mass is 310 g/mol. The number of ether oxygens (including phenoxy) is 2. The Morgan fingerprint density at radius 1 is 1.24 bits per heavy atom. The molecule has 3 heteroatoms. The molecule has 1 saturated carbocycles. The summed E-state index contributed by atoms with van der Waals surface area (Å²) in [6, 6.07) is 6.52. The summed E-state index contributed by atoms with van der Waals surface area (Å²) in [6.45, 7) is 11.5. The fourth-order valence-electron chi connectivity index (χ4n) is 2.70. The van der Waals surface area contributed by atoms with Crippen molar-refractivity contribution in [3.63, 3.8) is 0 Å². The van der Waals surface area contributed by atoms with Gasteiger partial charge in [-0.15, -0.1) is 11.6 Å². The molecule has 0 aromatic heterocycles. The van der Waals surface area contributed by atoms with Gasteiger partial charge in [-0.25, -0.2) is 0 Å². The van der Waals surface area contributed by atoms with Crippen LogP contribution < -0.4 is 4.74 Å². The molecule has 21 heavy (non-hydrogen) atoms. The first kappa shape index (κ1) is 16.6. The second kappa shape index (κ2) is 6.58. The van der Waals surface area contributed by atoms with Crippen LogP contribution >= 0.6 is 11.6 Å². The van der Waals surface area contributed by atoms with Crippen LogP contribution in [0.1, 0.15) is 52.2 Å². The Morgan fingerprint density at radius 3 is 2.48 bits per heavy atom. The zero-order chi connectivity index (χ0) is 15.6. The molecule has 0 spiro atoms. The fraction of sp³-hybridized carbons (Fsp3) is 0.667. The van der Waals surface area contributed by atoms with E-state index in [9.17, 15) is 0 Å². The molecule has 0 N–H and O–H groups in total. The van der Waals surface area contributed by atoms with Crippen molar-refractivity contribution in [3.8, 4) is 5.75 Å². The Balaban J connectivity index is 2.20. The standard InChI is InChI=1S/C18H27ClO2/c1-6-12-8-9-15(13(10-12)18(3,4)5)21-16-11-14(19)17(16)20-7-2/h8-10,14,16-17H,6-7,11H2,1-5H3. The maximum absolute atomic E-state index is 6.23. The Bertz CT molecular complexity index is 479. The average Bonchev–Trinajstić information content (AvgIpc) is 2.43. The SMILES string of the molecule is CCOC1C(Cl)CC1Oc1ccc(CC)cc1C(C)(C)C. The molecule has 118 valence electrons. The molecule has 0 saturated heterocycles. The Morgan fingerprint density at radius 2 is 1.95 bits per heavy atom. The highest BCUT2D eigenvalue weighted by Gasteiger charge is 2.43. The number of hydrogen-bond donors (Lipinski definition) is 0. The van der Waals surface area contributed by atoms with Gasteiger partial charge in [0.15, 0.2) is 0 Å². The van der Waals surface area contributed by atoms with E-state index in [-0.39, 0.29) is 23.0 Å². The second-order valence-corrected chi connectivity index (χ2v) is 7.32. The van der Waals surface area contributed by atoms with E-state index in [1.54, 1.807) is 0 Å². The van der Waals surface area contributed by atoms with Gasteiger partial charge in [0.2, 0.25) is 0 Å². The van der Waals surface area contributed by atoms with Crippen LogP contribution in [-0.2, 0) is 16.6 Å². The predicted octanol–water partition coefficient (Wildman–Crippen LogP) is 4.71. The Hall–Kier alpha value is -0.730. The summed E-state index contributed by atoms with van der Waals surface area (Å²) in [7, 11) is 0. The highest BCUT2D eigenvalue weighted by Crippen LogP contribution is 2.37. The lowest BCUT2D eigenvalue weighted by atomic mass is 9.84. The number of hydrogen-bond acceptors (Lipinski definition) is 2. The molecule has 1 aliphatic carbocycles. The maximum atomic E-state index is 6.23. The van der Waals surface area contributed by atoms with Gasteiger partial charge < -0.3 is 9.47 Å². The Labute approximate surface area is 133 Å². The van der Waals surface area contributed by atoms with E-state index in [1.165, 1.54) is 11.1 Å². The third kappa shape index (κ3) is 3.73. The van der Waals surface area contributed by atoms with Crippen LogP contribution in [0.3, 0.4) is 0 Å². The lowest BCUT2D eigenvalue weighted by Gasteiger charge is -2.41. The molecule has 2 nitrogen and oxygen atoms in total. The number of halogens is 1. The van der Waals surface area contributed by atoms with Crippen molar-refractivity contribution >= 4 is 11.6 Å². The Kier molecular flexibility index (Phi) is 5.21. The minimum absolute atomic E-state index is 0.00957. The van der Waals surface area contributed by atoms with Gasteiger partial charge in [0.1, 0.15) is 18.0 Å². The minimum atomic E-state index is 0.00957. The van der Waals surface area contributed by atoms with Gasteiger partial charge in [-0.3, -0.25) is 0 Å². The summed E-state index contributed by atoms with van der Waals surface area (Å²) in [5.41, 5.74) is 2.67. The van der Waals surface area contributed by atoms with Gasteiger partial charge in [-0.1, -0.05) is 39.8 Å². The summed E-state index contributed by atoms with van der Waals surface area (Å²) >= 11 is 6.23. The van der Waals surface area contributed by atoms with Crippen LogP contribution in [0.2, 0.25) is 0 Å². The molecular formula is C18H27ClO2. The lowest BCUT2D eigenvalue weighted by Crippen LogP contribution is -2.52. The van der Waals surface area contributed by atoms with Gasteiger partial charge in [-0.2, -0.15) is 0 Å². The van der Waals surface area contributed by atoms with E-state index in [2.05, 4.69) is 45.9 Å². The normalized spacial score (nSPS) is 25.5. The molecular weight excluding hydrogens is 284 g/mol. The second-order valence-electron chi connectivity index (χ2n) is 6.76. The quantitative estimate of drug-likeness (QED) is 0.733. The van der Waals surface area contributed by atoms with Crippen molar-refractivity contribution in [2.75, 3.05) is 6.61 Å². The largest absolute Gasteiger partial charge is 0.487 e. The van der Waals surface area contributed by atoms with E-state index >= 15 is 0 Å². The zero-order valence-electron chi connectivity index (χ0n) is 13.8. The third-order valence-corrected chi connectivity index (χ3v) is 4.50. The average molecular weight is 311 g/mol. The van der Waals surface area contributed by atoms with E-state index in [1.807, 2.05) is 6.92 Å². The molecule has 1 aliphatic rings. The first-order valence-electron chi connectivity index (χ1n) is 7.92. The van der Waals surface area contributed by atoms with E-state index < -0.39 is 0 Å². The fourth-order valence-corrected chi connectivity index (χ4v) is 3.11. The van der Waals surface area contributed by atoms with Crippen LogP contribution in [0.5, 0.6) is 5.75 Å². The van der Waals surface area contributed by atoms with Crippen molar-refractivity contribution in [2.24, 2.45) is 0 Å². The molecule has 0 radical (unpaired) electrons. The summed E-state index contributed by atoms with van der Waals surface area (Å²) < 4.78 is 11.9. The summed E-state index contributed by atoms with van der Waals surface area (Å²) in [5, 5.41) is 0.0722. The summed E-state index contributed by atoms with van der Waals surface area (Å²) in [6.07, 6.45) is 1.97. The van der Waals surface area contributed by atoms with Crippen LogP contribution in [0.4, 0.5) is 0 Å². The number of rotatable bonds is 5. The van der Waals surface area contributed by atoms with Crippen molar-refractivity contribution in [1.29, 1.82) is 0 Å². The van der Waals surface area contributed by atoms with Crippen LogP contribution in [0, 0.1) is 0 Å². The van der Waals surface area contributed by atoms with Gasteiger partial charge >= 0.3 is 0 Å². The molecule has 0 aliphatic heterocycles. The smallest absolute Gasteiger partial charge is 0.128 e. The number of benzene rings is 1. The predicted molar refractivity (Wildman–Crippen MR) is 88.6 cm³/mol. The molecule has 1 aromatic carbocycles. The first-order valence-corrected chi connectivity index (χ1v) is 8.36. The molecule has 0 bridgehead atoms. The molecule has 2 rings (SSSR count). The van der Waals surface area contributed by atoms with Crippen molar-refractivity contribution < 1.29 is 9.47 Å². The topological polar surface area (TPSA) is 18.5 Å². The van der Waals surface area contributed by atoms with E-state index in [0.717, 1.165) is 18.6 Å². The molecule has 0 heterocycles. The number of alkyl halides is 1. The lowest BCUT2D eigenvalue weighted by molar-refractivity contribution is -0.0764. The van der Waals surface area contributed by atoms with Crippen LogP contribution in [0.25, 0.3) is 0 Å². The van der Waals surface area contributed by atoms with Crippen molar-refractivity contribution in [2.45, 2.75) is 70.5 Å². The molecule has 1 fully saturated rings. The first-order chi connectivity index (χ1) is 9.86. The van der Waals surface area contributed by atoms with Gasteiger partial charge in [0, 0.05) is 13.0 Å². The highest BCUT2D eigenvalue weighted by atomic mass is 35.5. The van der Waals surface area contributed by atoms with E-state index in [4.69, 9.17) is 21.1 Å². The highest BCUT2D eigenvalue weighted by molar-refractivity contribution is 6.21.